The van der Waals surface area contributed by atoms with Crippen LogP contribution in [0.2, 0.25) is 5.02 Å². The lowest BCUT2D eigenvalue weighted by Crippen LogP contribution is -2.19. The molecule has 1 atom stereocenters. The number of methoxy groups -OCH3 is 1. The summed E-state index contributed by atoms with van der Waals surface area (Å²) in [6, 6.07) is 8.03. The Morgan fingerprint density at radius 3 is 2.79 bits per heavy atom. The van der Waals surface area contributed by atoms with Crippen molar-refractivity contribution < 1.29 is 9.13 Å². The van der Waals surface area contributed by atoms with Gasteiger partial charge in [-0.3, -0.25) is 4.98 Å². The number of ether oxygens (including phenoxy) is 1. The number of nitrogens with one attached hydrogen (secondary N) is 1. The summed E-state index contributed by atoms with van der Waals surface area (Å²) in [5.74, 6) is 0.232. The molecule has 0 bridgehead atoms. The quantitative estimate of drug-likeness (QED) is 0.934. The number of nitrogens with zero attached hydrogens (tertiary/aromatic N) is 1. The minimum Gasteiger partial charge on any atom is -0.495 e. The monoisotopic (exact) mass is 280 g/mol. The summed E-state index contributed by atoms with van der Waals surface area (Å²) in [5.41, 5.74) is 1.56. The predicted octanol–water partition coefficient (Wildman–Crippen LogP) is 3.19. The number of hydrogen-bond acceptors (Lipinski definition) is 3. The first kappa shape index (κ1) is 13.8. The fourth-order valence-corrected chi connectivity index (χ4v) is 2.13. The fourth-order valence-electron chi connectivity index (χ4n) is 1.95. The molecule has 2 rings (SSSR count). The zero-order chi connectivity index (χ0) is 13.8. The van der Waals surface area contributed by atoms with Crippen molar-refractivity contribution in [3.63, 3.8) is 0 Å². The van der Waals surface area contributed by atoms with Gasteiger partial charge < -0.3 is 10.1 Å². The maximum Gasteiger partial charge on any atom is 0.142 e. The summed E-state index contributed by atoms with van der Waals surface area (Å²) in [6.45, 7) is 0. The van der Waals surface area contributed by atoms with Crippen LogP contribution in [0, 0.1) is 5.82 Å². The Labute approximate surface area is 116 Å². The lowest BCUT2D eigenvalue weighted by Gasteiger charge is -2.18. The van der Waals surface area contributed by atoms with E-state index in [2.05, 4.69) is 10.3 Å². The van der Waals surface area contributed by atoms with Crippen LogP contribution in [0.4, 0.5) is 4.39 Å². The van der Waals surface area contributed by atoms with E-state index < -0.39 is 5.82 Å². The van der Waals surface area contributed by atoms with Crippen molar-refractivity contribution in [1.82, 2.24) is 10.3 Å². The average Bonchev–Trinajstić information content (AvgIpc) is 2.44. The van der Waals surface area contributed by atoms with Gasteiger partial charge in [-0.15, -0.1) is 0 Å². The van der Waals surface area contributed by atoms with Crippen LogP contribution in [0.3, 0.4) is 0 Å². The van der Waals surface area contributed by atoms with E-state index in [-0.39, 0.29) is 11.1 Å². The molecule has 0 aliphatic rings. The van der Waals surface area contributed by atoms with Crippen molar-refractivity contribution in [1.29, 1.82) is 0 Å². The molecule has 0 spiro atoms. The van der Waals surface area contributed by atoms with Gasteiger partial charge in [-0.2, -0.15) is 0 Å². The molecule has 1 unspecified atom stereocenters. The molecule has 1 heterocycles. The third-order valence-corrected chi connectivity index (χ3v) is 3.15. The number of aromatic nitrogens is 1. The molecule has 0 radical (unpaired) electrons. The average molecular weight is 281 g/mol. The number of halogens is 2. The molecule has 0 saturated heterocycles. The van der Waals surface area contributed by atoms with Gasteiger partial charge in [-0.05, 0) is 36.9 Å². The second-order valence-electron chi connectivity index (χ2n) is 3.99. The van der Waals surface area contributed by atoms with Crippen LogP contribution in [0.15, 0.2) is 36.5 Å². The fraction of sp³-hybridized carbons (Fsp3) is 0.214. The van der Waals surface area contributed by atoms with Gasteiger partial charge in [-0.1, -0.05) is 17.7 Å². The summed E-state index contributed by atoms with van der Waals surface area (Å²) in [6.07, 6.45) is 1.69. The Morgan fingerprint density at radius 2 is 2.16 bits per heavy atom. The zero-order valence-corrected chi connectivity index (χ0v) is 11.4. The van der Waals surface area contributed by atoms with E-state index in [1.807, 2.05) is 6.07 Å². The molecule has 0 fully saturated rings. The van der Waals surface area contributed by atoms with E-state index in [0.717, 1.165) is 11.3 Å². The van der Waals surface area contributed by atoms with Gasteiger partial charge in [0.2, 0.25) is 0 Å². The summed E-state index contributed by atoms with van der Waals surface area (Å²) in [5, 5.41) is 3.22. The molecule has 1 aromatic carbocycles. The van der Waals surface area contributed by atoms with Gasteiger partial charge in [0.15, 0.2) is 0 Å². The summed E-state index contributed by atoms with van der Waals surface area (Å²) >= 11 is 5.82. The standard InChI is InChI=1S/C14H14ClFN2O/c1-17-13(9-5-6-11(16)10(15)8-9)14-12(19-2)4-3-7-18-14/h3-8,13,17H,1-2H3. The summed E-state index contributed by atoms with van der Waals surface area (Å²) < 4.78 is 18.5. The van der Waals surface area contributed by atoms with Crippen LogP contribution < -0.4 is 10.1 Å². The van der Waals surface area contributed by atoms with Gasteiger partial charge in [0.25, 0.3) is 0 Å². The maximum absolute atomic E-state index is 13.2. The van der Waals surface area contributed by atoms with E-state index >= 15 is 0 Å². The first-order chi connectivity index (χ1) is 9.17. The van der Waals surface area contributed by atoms with Gasteiger partial charge in [0, 0.05) is 6.20 Å². The van der Waals surface area contributed by atoms with Gasteiger partial charge in [0.05, 0.1) is 18.2 Å². The highest BCUT2D eigenvalue weighted by Gasteiger charge is 2.18. The smallest absolute Gasteiger partial charge is 0.142 e. The molecular weight excluding hydrogens is 267 g/mol. The Bertz CT molecular complexity index is 577. The Morgan fingerprint density at radius 1 is 1.37 bits per heavy atom. The van der Waals surface area contributed by atoms with E-state index in [1.54, 1.807) is 38.6 Å². The number of pyridine rings is 1. The van der Waals surface area contributed by atoms with Gasteiger partial charge >= 0.3 is 0 Å². The SMILES string of the molecule is CNC(c1ccc(F)c(Cl)c1)c1ncccc1OC. The van der Waals surface area contributed by atoms with E-state index in [4.69, 9.17) is 16.3 Å². The zero-order valence-electron chi connectivity index (χ0n) is 10.7. The minimum atomic E-state index is -0.437. The van der Waals surface area contributed by atoms with Crippen LogP contribution >= 0.6 is 11.6 Å². The molecular formula is C14H14ClFN2O. The van der Waals surface area contributed by atoms with Crippen LogP contribution in [0.25, 0.3) is 0 Å². The minimum absolute atomic E-state index is 0.0904. The molecule has 2 aromatic rings. The lowest BCUT2D eigenvalue weighted by atomic mass is 10.0. The van der Waals surface area contributed by atoms with Crippen molar-refractivity contribution in [2.24, 2.45) is 0 Å². The Kier molecular flexibility index (Phi) is 4.35. The molecule has 19 heavy (non-hydrogen) atoms. The largest absolute Gasteiger partial charge is 0.495 e. The van der Waals surface area contributed by atoms with Crippen molar-refractivity contribution in [2.45, 2.75) is 6.04 Å². The summed E-state index contributed by atoms with van der Waals surface area (Å²) in [4.78, 5) is 4.32. The molecule has 0 amide bonds. The highest BCUT2D eigenvalue weighted by atomic mass is 35.5. The maximum atomic E-state index is 13.2. The van der Waals surface area contributed by atoms with Gasteiger partial charge in [-0.25, -0.2) is 4.39 Å². The first-order valence-electron chi connectivity index (χ1n) is 5.78. The van der Waals surface area contributed by atoms with Crippen molar-refractivity contribution in [2.75, 3.05) is 14.2 Å². The van der Waals surface area contributed by atoms with E-state index in [1.165, 1.54) is 6.07 Å². The summed E-state index contributed by atoms with van der Waals surface area (Å²) in [7, 11) is 3.39. The second kappa shape index (κ2) is 5.99. The molecule has 0 aliphatic heterocycles. The highest BCUT2D eigenvalue weighted by molar-refractivity contribution is 6.30. The molecule has 0 aliphatic carbocycles. The Balaban J connectivity index is 2.46. The van der Waals surface area contributed by atoms with Crippen molar-refractivity contribution >= 4 is 11.6 Å². The molecule has 100 valence electrons. The normalized spacial score (nSPS) is 12.2. The van der Waals surface area contributed by atoms with E-state index in [9.17, 15) is 4.39 Å². The van der Waals surface area contributed by atoms with Crippen LogP contribution in [0.1, 0.15) is 17.3 Å². The number of rotatable bonds is 4. The Hall–Kier alpha value is -1.65. The molecule has 1 aromatic heterocycles. The van der Waals surface area contributed by atoms with Crippen LogP contribution in [0.5, 0.6) is 5.75 Å². The number of benzene rings is 1. The molecule has 3 nitrogen and oxygen atoms in total. The van der Waals surface area contributed by atoms with Crippen LogP contribution in [-0.2, 0) is 0 Å². The van der Waals surface area contributed by atoms with Crippen molar-refractivity contribution in [3.8, 4) is 5.75 Å². The molecule has 5 heteroatoms. The highest BCUT2D eigenvalue weighted by Crippen LogP contribution is 2.29. The van der Waals surface area contributed by atoms with Crippen LogP contribution in [-0.4, -0.2) is 19.1 Å². The topological polar surface area (TPSA) is 34.2 Å². The first-order valence-corrected chi connectivity index (χ1v) is 6.16. The third kappa shape index (κ3) is 2.85. The predicted molar refractivity (Wildman–Crippen MR) is 73.1 cm³/mol. The molecule has 1 N–H and O–H groups in total. The second-order valence-corrected chi connectivity index (χ2v) is 4.39. The van der Waals surface area contributed by atoms with E-state index in [0.29, 0.717) is 5.75 Å². The lowest BCUT2D eigenvalue weighted by molar-refractivity contribution is 0.401. The number of hydrogen-bond donors (Lipinski definition) is 1. The third-order valence-electron chi connectivity index (χ3n) is 2.86. The molecule has 0 saturated carbocycles. The van der Waals surface area contributed by atoms with Crippen molar-refractivity contribution in [3.05, 3.63) is 58.6 Å². The van der Waals surface area contributed by atoms with Gasteiger partial charge in [0.1, 0.15) is 17.3 Å².